The molecule has 0 bridgehead atoms. The van der Waals surface area contributed by atoms with Crippen molar-refractivity contribution in [1.82, 2.24) is 4.98 Å². The first-order valence-electron chi connectivity index (χ1n) is 9.57. The third-order valence-electron chi connectivity index (χ3n) is 5.85. The maximum Gasteiger partial charge on any atom is 0.0457 e. The van der Waals surface area contributed by atoms with Gasteiger partial charge in [0.1, 0.15) is 0 Å². The minimum Gasteiger partial charge on any atom is -0.378 e. The first kappa shape index (κ1) is 16.3. The number of rotatable bonds is 4. The number of anilines is 1. The van der Waals surface area contributed by atoms with Crippen molar-refractivity contribution in [2.24, 2.45) is 5.92 Å². The fourth-order valence-corrected chi connectivity index (χ4v) is 4.50. The van der Waals surface area contributed by atoms with Crippen LogP contribution < -0.4 is 4.90 Å². The van der Waals surface area contributed by atoms with E-state index in [1.165, 1.54) is 59.8 Å². The molecule has 130 valence electrons. The summed E-state index contributed by atoms with van der Waals surface area (Å²) in [6, 6.07) is 17.9. The number of para-hydroxylation sites is 1. The number of nitrogens with zero attached hydrogens (tertiary/aromatic N) is 1. The molecular weight excluding hydrogens is 304 g/mol. The van der Waals surface area contributed by atoms with E-state index in [2.05, 4.69) is 78.7 Å². The predicted molar refractivity (Wildman–Crippen MR) is 107 cm³/mol. The maximum atomic E-state index is 3.50. The number of H-pyrrole nitrogens is 1. The Balaban J connectivity index is 1.78. The second-order valence-electron chi connectivity index (χ2n) is 7.65. The molecule has 1 saturated carbocycles. The Bertz CT molecular complexity index is 823. The SMILES string of the molecule is CN(C)c1ccc(C(c2c[nH]c3ccccc23)C2CCCCC2)cc1. The Morgan fingerprint density at radius 1 is 0.920 bits per heavy atom. The van der Waals surface area contributed by atoms with E-state index in [9.17, 15) is 0 Å². The fraction of sp³-hybridized carbons (Fsp3) is 0.391. The van der Waals surface area contributed by atoms with Crippen LogP contribution >= 0.6 is 0 Å². The van der Waals surface area contributed by atoms with Crippen LogP contribution in [0.1, 0.15) is 49.1 Å². The van der Waals surface area contributed by atoms with E-state index in [1.807, 2.05) is 0 Å². The van der Waals surface area contributed by atoms with Crippen LogP contribution in [0.25, 0.3) is 10.9 Å². The van der Waals surface area contributed by atoms with E-state index in [0.29, 0.717) is 5.92 Å². The van der Waals surface area contributed by atoms with Crippen molar-refractivity contribution in [3.05, 3.63) is 65.9 Å². The lowest BCUT2D eigenvalue weighted by molar-refractivity contribution is 0.328. The first-order chi connectivity index (χ1) is 12.2. The molecule has 25 heavy (non-hydrogen) atoms. The molecule has 2 nitrogen and oxygen atoms in total. The number of aromatic amines is 1. The van der Waals surface area contributed by atoms with Gasteiger partial charge in [-0.3, -0.25) is 0 Å². The molecule has 2 heteroatoms. The average molecular weight is 332 g/mol. The largest absolute Gasteiger partial charge is 0.378 e. The molecule has 0 radical (unpaired) electrons. The van der Waals surface area contributed by atoms with Gasteiger partial charge in [-0.05, 0) is 48.1 Å². The second kappa shape index (κ2) is 6.95. The normalized spacial score (nSPS) is 16.9. The van der Waals surface area contributed by atoms with Crippen LogP contribution in [0.5, 0.6) is 0 Å². The van der Waals surface area contributed by atoms with E-state index in [-0.39, 0.29) is 0 Å². The molecule has 0 aliphatic heterocycles. The Labute approximate surface area is 150 Å². The van der Waals surface area contributed by atoms with E-state index >= 15 is 0 Å². The summed E-state index contributed by atoms with van der Waals surface area (Å²) < 4.78 is 0. The minimum absolute atomic E-state index is 0.493. The third-order valence-corrected chi connectivity index (χ3v) is 5.85. The van der Waals surface area contributed by atoms with Gasteiger partial charge in [0.05, 0.1) is 0 Å². The number of nitrogens with one attached hydrogen (secondary N) is 1. The molecule has 0 amide bonds. The van der Waals surface area contributed by atoms with Crippen molar-refractivity contribution in [2.75, 3.05) is 19.0 Å². The van der Waals surface area contributed by atoms with E-state index in [0.717, 1.165) is 5.92 Å². The van der Waals surface area contributed by atoms with Crippen molar-refractivity contribution in [3.8, 4) is 0 Å². The molecule has 1 heterocycles. The third kappa shape index (κ3) is 3.18. The van der Waals surface area contributed by atoms with E-state index in [1.54, 1.807) is 0 Å². The predicted octanol–water partition coefficient (Wildman–Crippen LogP) is 5.95. The molecule has 4 rings (SSSR count). The molecule has 1 fully saturated rings. The van der Waals surface area contributed by atoms with Crippen molar-refractivity contribution in [2.45, 2.75) is 38.0 Å². The summed E-state index contributed by atoms with van der Waals surface area (Å²) in [7, 11) is 4.21. The van der Waals surface area contributed by atoms with Crippen LogP contribution in [0.15, 0.2) is 54.7 Å². The van der Waals surface area contributed by atoms with E-state index < -0.39 is 0 Å². The Morgan fingerprint density at radius 2 is 1.64 bits per heavy atom. The number of fused-ring (bicyclic) bond motifs is 1. The number of hydrogen-bond acceptors (Lipinski definition) is 1. The average Bonchev–Trinajstić information content (AvgIpc) is 3.07. The van der Waals surface area contributed by atoms with Crippen molar-refractivity contribution in [1.29, 1.82) is 0 Å². The molecule has 1 aromatic heterocycles. The minimum atomic E-state index is 0.493. The highest BCUT2D eigenvalue weighted by Crippen LogP contribution is 2.43. The van der Waals surface area contributed by atoms with Crippen molar-refractivity contribution >= 4 is 16.6 Å². The van der Waals surface area contributed by atoms with Crippen LogP contribution in [0, 0.1) is 5.92 Å². The van der Waals surface area contributed by atoms with Crippen LogP contribution in [0.2, 0.25) is 0 Å². The number of hydrogen-bond donors (Lipinski definition) is 1. The van der Waals surface area contributed by atoms with Crippen LogP contribution in [0.3, 0.4) is 0 Å². The molecule has 1 N–H and O–H groups in total. The molecule has 3 aromatic rings. The standard InChI is InChI=1S/C23H28N2/c1-25(2)19-14-12-18(13-15-19)23(17-8-4-3-5-9-17)21-16-24-22-11-7-6-10-20(21)22/h6-7,10-17,23-24H,3-5,8-9H2,1-2H3. The Kier molecular flexibility index (Phi) is 4.52. The smallest absolute Gasteiger partial charge is 0.0457 e. The van der Waals surface area contributed by atoms with Crippen molar-refractivity contribution in [3.63, 3.8) is 0 Å². The first-order valence-corrected chi connectivity index (χ1v) is 9.57. The lowest BCUT2D eigenvalue weighted by atomic mass is 9.73. The Hall–Kier alpha value is -2.22. The highest BCUT2D eigenvalue weighted by molar-refractivity contribution is 5.84. The molecule has 1 aliphatic carbocycles. The molecule has 1 atom stereocenters. The maximum absolute atomic E-state index is 3.50. The lowest BCUT2D eigenvalue weighted by Gasteiger charge is -2.31. The van der Waals surface area contributed by atoms with Crippen LogP contribution in [-0.4, -0.2) is 19.1 Å². The topological polar surface area (TPSA) is 19.0 Å². The fourth-order valence-electron chi connectivity index (χ4n) is 4.50. The van der Waals surface area contributed by atoms with Gasteiger partial charge in [0.25, 0.3) is 0 Å². The second-order valence-corrected chi connectivity index (χ2v) is 7.65. The molecule has 0 spiro atoms. The summed E-state index contributed by atoms with van der Waals surface area (Å²) in [6.45, 7) is 0. The van der Waals surface area contributed by atoms with Gasteiger partial charge in [-0.15, -0.1) is 0 Å². The van der Waals surface area contributed by atoms with Crippen LogP contribution in [0.4, 0.5) is 5.69 Å². The lowest BCUT2D eigenvalue weighted by Crippen LogP contribution is -2.17. The van der Waals surface area contributed by atoms with Gasteiger partial charge in [0.2, 0.25) is 0 Å². The number of benzene rings is 2. The summed E-state index contributed by atoms with van der Waals surface area (Å²) in [5, 5.41) is 1.38. The zero-order valence-corrected chi connectivity index (χ0v) is 15.3. The van der Waals surface area contributed by atoms with Gasteiger partial charge in [0, 0.05) is 42.8 Å². The quantitative estimate of drug-likeness (QED) is 0.626. The molecule has 1 unspecified atom stereocenters. The van der Waals surface area contributed by atoms with Crippen LogP contribution in [-0.2, 0) is 0 Å². The molecule has 0 saturated heterocycles. The summed E-state index contributed by atoms with van der Waals surface area (Å²) in [5.74, 6) is 1.24. The zero-order valence-electron chi connectivity index (χ0n) is 15.3. The van der Waals surface area contributed by atoms with Gasteiger partial charge in [-0.1, -0.05) is 49.6 Å². The van der Waals surface area contributed by atoms with Gasteiger partial charge >= 0.3 is 0 Å². The summed E-state index contributed by atoms with van der Waals surface area (Å²) in [4.78, 5) is 5.67. The molecular formula is C23H28N2. The molecule has 2 aromatic carbocycles. The van der Waals surface area contributed by atoms with Crippen molar-refractivity contribution < 1.29 is 0 Å². The summed E-state index contributed by atoms with van der Waals surface area (Å²) >= 11 is 0. The van der Waals surface area contributed by atoms with Gasteiger partial charge < -0.3 is 9.88 Å². The molecule has 1 aliphatic rings. The number of aromatic nitrogens is 1. The summed E-state index contributed by atoms with van der Waals surface area (Å²) in [5.41, 5.74) is 5.45. The summed E-state index contributed by atoms with van der Waals surface area (Å²) in [6.07, 6.45) is 9.10. The van der Waals surface area contributed by atoms with Gasteiger partial charge in [-0.25, -0.2) is 0 Å². The van der Waals surface area contributed by atoms with Gasteiger partial charge in [-0.2, -0.15) is 0 Å². The zero-order chi connectivity index (χ0) is 17.2. The van der Waals surface area contributed by atoms with E-state index in [4.69, 9.17) is 0 Å². The highest BCUT2D eigenvalue weighted by Gasteiger charge is 2.28. The monoisotopic (exact) mass is 332 g/mol. The Morgan fingerprint density at radius 3 is 2.36 bits per heavy atom. The van der Waals surface area contributed by atoms with Gasteiger partial charge in [0.15, 0.2) is 0 Å². The highest BCUT2D eigenvalue weighted by atomic mass is 15.1.